The quantitative estimate of drug-likeness (QED) is 0.489. The molecule has 2 N–H and O–H groups in total. The first kappa shape index (κ1) is 19.4. The van der Waals surface area contributed by atoms with Gasteiger partial charge in [0.1, 0.15) is 11.6 Å². The first-order valence-electron chi connectivity index (χ1n) is 9.24. The largest absolute Gasteiger partial charge is 0.507 e. The molecule has 0 bridgehead atoms. The van der Waals surface area contributed by atoms with Crippen LogP contribution in [0.15, 0.2) is 47.8 Å². The number of pyridine rings is 1. The second kappa shape index (κ2) is 9.02. The summed E-state index contributed by atoms with van der Waals surface area (Å²) in [5.74, 6) is 1.05. The van der Waals surface area contributed by atoms with Crippen molar-refractivity contribution in [1.29, 1.82) is 0 Å². The number of benzene rings is 1. The van der Waals surface area contributed by atoms with Crippen molar-refractivity contribution >= 4 is 17.2 Å². The van der Waals surface area contributed by atoms with Crippen molar-refractivity contribution in [2.75, 3.05) is 18.5 Å². The number of thiophene rings is 1. The molecular formula is C22H26N2O2S. The molecule has 0 atom stereocenters. The second-order valence-electron chi connectivity index (χ2n) is 6.82. The Bertz CT molecular complexity index is 876. The molecule has 5 heteroatoms. The average Bonchev–Trinajstić information content (AvgIpc) is 3.18. The third-order valence-corrected chi connectivity index (χ3v) is 5.06. The van der Waals surface area contributed by atoms with Gasteiger partial charge in [0, 0.05) is 23.6 Å². The molecule has 0 radical (unpaired) electrons. The molecule has 0 fully saturated rings. The Morgan fingerprint density at radius 3 is 2.78 bits per heavy atom. The Hall–Kier alpha value is -2.37. The topological polar surface area (TPSA) is 54.4 Å². The lowest BCUT2D eigenvalue weighted by Crippen LogP contribution is -2.10. The van der Waals surface area contributed by atoms with Crippen LogP contribution in [-0.2, 0) is 4.74 Å². The number of hydrogen-bond acceptors (Lipinski definition) is 5. The highest BCUT2D eigenvalue weighted by Gasteiger charge is 2.11. The summed E-state index contributed by atoms with van der Waals surface area (Å²) in [6.45, 7) is 7.60. The number of aromatic hydroxyl groups is 1. The SMILES string of the molecule is Cc1ccc(O)c(-c2cc(-c3cccs3)cc(NCCCOC(C)C)n2)c1. The van der Waals surface area contributed by atoms with Gasteiger partial charge in [-0.05, 0) is 68.5 Å². The number of aromatic nitrogens is 1. The lowest BCUT2D eigenvalue weighted by Gasteiger charge is -2.12. The molecule has 27 heavy (non-hydrogen) atoms. The number of nitrogens with zero attached hydrogens (tertiary/aromatic N) is 1. The van der Waals surface area contributed by atoms with E-state index in [4.69, 9.17) is 9.72 Å². The summed E-state index contributed by atoms with van der Waals surface area (Å²) < 4.78 is 5.59. The van der Waals surface area contributed by atoms with Crippen molar-refractivity contribution in [3.05, 3.63) is 53.4 Å². The number of nitrogens with one attached hydrogen (secondary N) is 1. The number of ether oxygens (including phenoxy) is 1. The molecule has 2 aromatic heterocycles. The lowest BCUT2D eigenvalue weighted by molar-refractivity contribution is 0.0787. The molecule has 0 unspecified atom stereocenters. The van der Waals surface area contributed by atoms with E-state index in [1.807, 2.05) is 45.0 Å². The molecule has 1 aromatic carbocycles. The summed E-state index contributed by atoms with van der Waals surface area (Å²) in [6, 6.07) is 13.8. The van der Waals surface area contributed by atoms with E-state index in [1.54, 1.807) is 17.4 Å². The van der Waals surface area contributed by atoms with E-state index in [0.717, 1.165) is 47.8 Å². The minimum Gasteiger partial charge on any atom is -0.507 e. The van der Waals surface area contributed by atoms with Crippen molar-refractivity contribution in [3.63, 3.8) is 0 Å². The van der Waals surface area contributed by atoms with Gasteiger partial charge in [-0.25, -0.2) is 4.98 Å². The zero-order valence-electron chi connectivity index (χ0n) is 16.0. The summed E-state index contributed by atoms with van der Waals surface area (Å²) in [5.41, 5.74) is 3.70. The Morgan fingerprint density at radius 2 is 2.04 bits per heavy atom. The van der Waals surface area contributed by atoms with Crippen molar-refractivity contribution in [3.8, 4) is 27.4 Å². The van der Waals surface area contributed by atoms with Crippen LogP contribution in [0.2, 0.25) is 0 Å². The van der Waals surface area contributed by atoms with Crippen LogP contribution in [-0.4, -0.2) is 29.3 Å². The van der Waals surface area contributed by atoms with E-state index in [2.05, 4.69) is 22.8 Å². The number of rotatable bonds is 8. The van der Waals surface area contributed by atoms with E-state index < -0.39 is 0 Å². The molecule has 0 spiro atoms. The Labute approximate surface area is 164 Å². The van der Waals surface area contributed by atoms with E-state index >= 15 is 0 Å². The fourth-order valence-electron chi connectivity index (χ4n) is 2.81. The molecule has 0 aliphatic carbocycles. The van der Waals surface area contributed by atoms with Crippen molar-refractivity contribution in [2.24, 2.45) is 0 Å². The molecular weight excluding hydrogens is 356 g/mol. The number of anilines is 1. The van der Waals surface area contributed by atoms with Crippen LogP contribution >= 0.6 is 11.3 Å². The number of hydrogen-bond donors (Lipinski definition) is 2. The number of phenolic OH excluding ortho intramolecular Hbond substituents is 1. The summed E-state index contributed by atoms with van der Waals surface area (Å²) in [7, 11) is 0. The monoisotopic (exact) mass is 382 g/mol. The molecule has 3 rings (SSSR count). The van der Waals surface area contributed by atoms with Gasteiger partial charge in [0.25, 0.3) is 0 Å². The minimum atomic E-state index is 0.243. The van der Waals surface area contributed by atoms with E-state index in [1.165, 1.54) is 4.88 Å². The van der Waals surface area contributed by atoms with Crippen molar-refractivity contribution in [1.82, 2.24) is 4.98 Å². The third kappa shape index (κ3) is 5.31. The molecule has 0 saturated carbocycles. The molecule has 3 aromatic rings. The molecule has 0 saturated heterocycles. The maximum Gasteiger partial charge on any atom is 0.127 e. The van der Waals surface area contributed by atoms with Crippen molar-refractivity contribution < 1.29 is 9.84 Å². The van der Waals surface area contributed by atoms with Crippen molar-refractivity contribution in [2.45, 2.75) is 33.3 Å². The van der Waals surface area contributed by atoms with E-state index in [-0.39, 0.29) is 11.9 Å². The summed E-state index contributed by atoms with van der Waals surface area (Å²) >= 11 is 1.69. The Balaban J connectivity index is 1.87. The van der Waals surface area contributed by atoms with Crippen LogP contribution in [0.5, 0.6) is 5.75 Å². The fraction of sp³-hybridized carbons (Fsp3) is 0.318. The standard InChI is InChI=1S/C22H26N2O2S/c1-15(2)26-10-5-9-23-22-14-17(21-6-4-11-27-21)13-19(24-22)18-12-16(3)7-8-20(18)25/h4,6-8,11-15,25H,5,9-10H2,1-3H3,(H,23,24). The highest BCUT2D eigenvalue weighted by molar-refractivity contribution is 7.13. The first-order valence-corrected chi connectivity index (χ1v) is 10.1. The Kier molecular flexibility index (Phi) is 6.48. The van der Waals surface area contributed by atoms with Gasteiger partial charge in [0.05, 0.1) is 11.8 Å². The fourth-order valence-corrected chi connectivity index (χ4v) is 3.52. The van der Waals surface area contributed by atoms with E-state index in [0.29, 0.717) is 0 Å². The van der Waals surface area contributed by atoms with E-state index in [9.17, 15) is 5.11 Å². The maximum atomic E-state index is 10.3. The highest BCUT2D eigenvalue weighted by atomic mass is 32.1. The van der Waals surface area contributed by atoms with Crippen LogP contribution in [0.25, 0.3) is 21.7 Å². The van der Waals surface area contributed by atoms with Gasteiger partial charge >= 0.3 is 0 Å². The zero-order chi connectivity index (χ0) is 19.2. The molecule has 0 aliphatic rings. The molecule has 0 aliphatic heterocycles. The summed E-state index contributed by atoms with van der Waals surface area (Å²) in [6.07, 6.45) is 1.16. The van der Waals surface area contributed by atoms with Gasteiger partial charge in [-0.15, -0.1) is 11.3 Å². The van der Waals surface area contributed by atoms with Crippen LogP contribution in [0.4, 0.5) is 5.82 Å². The maximum absolute atomic E-state index is 10.3. The average molecular weight is 383 g/mol. The summed E-state index contributed by atoms with van der Waals surface area (Å²) in [5, 5.41) is 15.8. The molecule has 0 amide bonds. The minimum absolute atomic E-state index is 0.243. The van der Waals surface area contributed by atoms with Gasteiger partial charge in [-0.1, -0.05) is 17.7 Å². The summed E-state index contributed by atoms with van der Waals surface area (Å²) in [4.78, 5) is 5.92. The molecule has 4 nitrogen and oxygen atoms in total. The van der Waals surface area contributed by atoms with Gasteiger partial charge in [0.2, 0.25) is 0 Å². The molecule has 2 heterocycles. The van der Waals surface area contributed by atoms with Crippen LogP contribution in [0.3, 0.4) is 0 Å². The number of phenols is 1. The van der Waals surface area contributed by atoms with Crippen LogP contribution in [0, 0.1) is 6.92 Å². The van der Waals surface area contributed by atoms with Crippen LogP contribution in [0.1, 0.15) is 25.8 Å². The second-order valence-corrected chi connectivity index (χ2v) is 7.77. The van der Waals surface area contributed by atoms with Gasteiger partial charge in [-0.3, -0.25) is 0 Å². The number of aryl methyl sites for hydroxylation is 1. The predicted octanol–water partition coefficient (Wildman–Crippen LogP) is 5.72. The smallest absolute Gasteiger partial charge is 0.127 e. The predicted molar refractivity (Wildman–Crippen MR) is 114 cm³/mol. The molecule has 142 valence electrons. The van der Waals surface area contributed by atoms with Gasteiger partial charge in [-0.2, -0.15) is 0 Å². The Morgan fingerprint density at radius 1 is 1.19 bits per heavy atom. The van der Waals surface area contributed by atoms with Crippen LogP contribution < -0.4 is 5.32 Å². The lowest BCUT2D eigenvalue weighted by atomic mass is 10.0. The normalized spacial score (nSPS) is 11.1. The first-order chi connectivity index (χ1) is 13.0. The van der Waals surface area contributed by atoms with Gasteiger partial charge < -0.3 is 15.2 Å². The highest BCUT2D eigenvalue weighted by Crippen LogP contribution is 2.34. The third-order valence-electron chi connectivity index (χ3n) is 4.14. The zero-order valence-corrected chi connectivity index (χ0v) is 16.8. The van der Waals surface area contributed by atoms with Gasteiger partial charge in [0.15, 0.2) is 0 Å².